The van der Waals surface area contributed by atoms with E-state index < -0.39 is 0 Å². The van der Waals surface area contributed by atoms with Crippen LogP contribution in [0.5, 0.6) is 0 Å². The number of aromatic nitrogens is 1. The minimum atomic E-state index is -0.136. The van der Waals surface area contributed by atoms with Gasteiger partial charge in [-0.1, -0.05) is 31.5 Å². The molecule has 0 aromatic carbocycles. The molecule has 0 spiro atoms. The minimum Gasteiger partial charge on any atom is -0.389 e. The summed E-state index contributed by atoms with van der Waals surface area (Å²) in [6.45, 7) is 0.700. The normalized spacial score (nSPS) is 17.2. The van der Waals surface area contributed by atoms with Crippen molar-refractivity contribution in [3.8, 4) is 0 Å². The van der Waals surface area contributed by atoms with Crippen molar-refractivity contribution < 1.29 is 4.79 Å². The van der Waals surface area contributed by atoms with E-state index in [9.17, 15) is 4.79 Å². The predicted octanol–water partition coefficient (Wildman–Crippen LogP) is 2.51. The Morgan fingerprint density at radius 3 is 2.67 bits per heavy atom. The molecule has 114 valence electrons. The summed E-state index contributed by atoms with van der Waals surface area (Å²) in [6.07, 6.45) is 9.81. The topological polar surface area (TPSA) is 68.0 Å². The van der Waals surface area contributed by atoms with E-state index in [1.54, 1.807) is 18.3 Å². The van der Waals surface area contributed by atoms with Crippen LogP contribution in [0.15, 0.2) is 18.3 Å². The molecule has 0 atom stereocenters. The second kappa shape index (κ2) is 7.22. The summed E-state index contributed by atoms with van der Waals surface area (Å²) in [5.74, 6) is -0.136. The fourth-order valence-corrected chi connectivity index (χ4v) is 3.69. The molecule has 1 aliphatic carbocycles. The first-order valence-electron chi connectivity index (χ1n) is 7.15. The van der Waals surface area contributed by atoms with Gasteiger partial charge in [0.1, 0.15) is 10.7 Å². The summed E-state index contributed by atoms with van der Waals surface area (Å²) >= 11 is 6.74. The van der Waals surface area contributed by atoms with Gasteiger partial charge in [0.2, 0.25) is 0 Å². The number of pyridine rings is 1. The van der Waals surface area contributed by atoms with E-state index in [1.807, 2.05) is 11.8 Å². The standard InChI is InChI=1S/C15H21N3OS2/c1-21-15(7-3-2-4-8-15)10-18-14(19)12-6-5-11(9-17-12)13(16)20/h5-6,9H,2-4,7-8,10H2,1H3,(H2,16,20)(H,18,19). The molecule has 1 aromatic heterocycles. The molecular formula is C15H21N3OS2. The number of nitrogens with two attached hydrogens (primary N) is 1. The maximum Gasteiger partial charge on any atom is 0.269 e. The van der Waals surface area contributed by atoms with Crippen LogP contribution in [0.1, 0.15) is 48.2 Å². The maximum absolute atomic E-state index is 12.2. The van der Waals surface area contributed by atoms with Crippen molar-refractivity contribution >= 4 is 34.9 Å². The second-order valence-corrected chi connectivity index (χ2v) is 7.14. The first-order valence-corrected chi connectivity index (χ1v) is 8.79. The van der Waals surface area contributed by atoms with Crippen LogP contribution < -0.4 is 11.1 Å². The highest BCUT2D eigenvalue weighted by Crippen LogP contribution is 2.37. The van der Waals surface area contributed by atoms with Gasteiger partial charge in [-0.3, -0.25) is 9.78 Å². The first kappa shape index (κ1) is 16.2. The number of thiocarbonyl (C=S) groups is 1. The average Bonchev–Trinajstić information content (AvgIpc) is 2.53. The molecule has 0 bridgehead atoms. The summed E-state index contributed by atoms with van der Waals surface area (Å²) in [5.41, 5.74) is 6.60. The van der Waals surface area contributed by atoms with Gasteiger partial charge in [0, 0.05) is 23.1 Å². The number of hydrogen-bond donors (Lipinski definition) is 2. The largest absolute Gasteiger partial charge is 0.389 e. The van der Waals surface area contributed by atoms with Crippen molar-refractivity contribution in [1.82, 2.24) is 10.3 Å². The van der Waals surface area contributed by atoms with Crippen LogP contribution in [0.4, 0.5) is 0 Å². The molecule has 1 aliphatic rings. The molecule has 0 aliphatic heterocycles. The molecule has 1 aromatic rings. The van der Waals surface area contributed by atoms with E-state index in [4.69, 9.17) is 18.0 Å². The highest BCUT2D eigenvalue weighted by atomic mass is 32.2. The van der Waals surface area contributed by atoms with E-state index in [-0.39, 0.29) is 15.6 Å². The van der Waals surface area contributed by atoms with Crippen LogP contribution in [0, 0.1) is 0 Å². The van der Waals surface area contributed by atoms with Crippen LogP contribution >= 0.6 is 24.0 Å². The van der Waals surface area contributed by atoms with E-state index in [1.165, 1.54) is 32.1 Å². The van der Waals surface area contributed by atoms with Crippen molar-refractivity contribution in [2.75, 3.05) is 12.8 Å². The Hall–Kier alpha value is -1.14. The summed E-state index contributed by atoms with van der Waals surface area (Å²) < 4.78 is 0.187. The van der Waals surface area contributed by atoms with E-state index in [0.29, 0.717) is 17.8 Å². The zero-order valence-electron chi connectivity index (χ0n) is 12.2. The predicted molar refractivity (Wildman–Crippen MR) is 91.8 cm³/mol. The summed E-state index contributed by atoms with van der Waals surface area (Å²) in [4.78, 5) is 16.6. The minimum absolute atomic E-state index is 0.136. The summed E-state index contributed by atoms with van der Waals surface area (Å²) in [6, 6.07) is 3.39. The van der Waals surface area contributed by atoms with Crippen LogP contribution in [0.3, 0.4) is 0 Å². The highest BCUT2D eigenvalue weighted by molar-refractivity contribution is 8.00. The van der Waals surface area contributed by atoms with Gasteiger partial charge in [0.15, 0.2) is 0 Å². The van der Waals surface area contributed by atoms with Gasteiger partial charge in [-0.15, -0.1) is 0 Å². The molecular weight excluding hydrogens is 302 g/mol. The number of rotatable bonds is 5. The fraction of sp³-hybridized carbons (Fsp3) is 0.533. The smallest absolute Gasteiger partial charge is 0.269 e. The summed E-state index contributed by atoms with van der Waals surface area (Å²) in [5, 5.41) is 3.02. The van der Waals surface area contributed by atoms with Gasteiger partial charge in [0.05, 0.1) is 0 Å². The van der Waals surface area contributed by atoms with Crippen molar-refractivity contribution in [1.29, 1.82) is 0 Å². The van der Waals surface area contributed by atoms with Gasteiger partial charge < -0.3 is 11.1 Å². The highest BCUT2D eigenvalue weighted by Gasteiger charge is 2.31. The molecule has 2 rings (SSSR count). The Morgan fingerprint density at radius 2 is 2.14 bits per heavy atom. The monoisotopic (exact) mass is 323 g/mol. The molecule has 6 heteroatoms. The number of carbonyl (C=O) groups excluding carboxylic acids is 1. The van der Waals surface area contributed by atoms with Gasteiger partial charge >= 0.3 is 0 Å². The molecule has 0 saturated heterocycles. The Labute approximate surface area is 135 Å². The molecule has 4 nitrogen and oxygen atoms in total. The van der Waals surface area contributed by atoms with E-state index in [0.717, 1.165) is 0 Å². The van der Waals surface area contributed by atoms with Crippen molar-refractivity contribution in [3.05, 3.63) is 29.6 Å². The quantitative estimate of drug-likeness (QED) is 0.815. The van der Waals surface area contributed by atoms with Gasteiger partial charge in [0.25, 0.3) is 5.91 Å². The van der Waals surface area contributed by atoms with Crippen LogP contribution in [0.25, 0.3) is 0 Å². The zero-order valence-corrected chi connectivity index (χ0v) is 13.9. The maximum atomic E-state index is 12.2. The third kappa shape index (κ3) is 4.17. The van der Waals surface area contributed by atoms with Crippen LogP contribution in [-0.4, -0.2) is 33.4 Å². The van der Waals surface area contributed by atoms with Crippen LogP contribution in [-0.2, 0) is 0 Å². The molecule has 1 saturated carbocycles. The van der Waals surface area contributed by atoms with Crippen molar-refractivity contribution in [2.24, 2.45) is 5.73 Å². The molecule has 1 heterocycles. The van der Waals surface area contributed by atoms with E-state index >= 15 is 0 Å². The molecule has 1 fully saturated rings. The Morgan fingerprint density at radius 1 is 1.43 bits per heavy atom. The number of nitrogens with one attached hydrogen (secondary N) is 1. The lowest BCUT2D eigenvalue weighted by Gasteiger charge is -2.35. The van der Waals surface area contributed by atoms with Gasteiger partial charge in [-0.05, 0) is 31.2 Å². The third-order valence-corrected chi connectivity index (χ3v) is 5.70. The third-order valence-electron chi connectivity index (χ3n) is 4.05. The summed E-state index contributed by atoms with van der Waals surface area (Å²) in [7, 11) is 0. The number of hydrogen-bond acceptors (Lipinski definition) is 4. The zero-order chi connectivity index (χ0) is 15.3. The molecule has 3 N–H and O–H groups in total. The lowest BCUT2D eigenvalue weighted by molar-refractivity contribution is 0.0942. The lowest BCUT2D eigenvalue weighted by atomic mass is 9.88. The van der Waals surface area contributed by atoms with E-state index in [2.05, 4.69) is 16.6 Å². The SMILES string of the molecule is CSC1(CNC(=O)c2ccc(C(N)=S)cn2)CCCCC1. The molecule has 21 heavy (non-hydrogen) atoms. The number of amides is 1. The fourth-order valence-electron chi connectivity index (χ4n) is 2.66. The number of nitrogens with zero attached hydrogens (tertiary/aromatic N) is 1. The van der Waals surface area contributed by atoms with Crippen LogP contribution in [0.2, 0.25) is 0 Å². The Kier molecular flexibility index (Phi) is 5.58. The number of carbonyl (C=O) groups is 1. The first-order chi connectivity index (χ1) is 10.1. The lowest BCUT2D eigenvalue weighted by Crippen LogP contribution is -2.42. The Balaban J connectivity index is 1.96. The van der Waals surface area contributed by atoms with Gasteiger partial charge in [-0.2, -0.15) is 11.8 Å². The molecule has 0 unspecified atom stereocenters. The Bertz CT molecular complexity index is 510. The molecule has 0 radical (unpaired) electrons. The number of thioether (sulfide) groups is 1. The second-order valence-electron chi connectivity index (χ2n) is 5.43. The molecule has 1 amide bonds. The van der Waals surface area contributed by atoms with Crippen molar-refractivity contribution in [3.63, 3.8) is 0 Å². The van der Waals surface area contributed by atoms with Crippen molar-refractivity contribution in [2.45, 2.75) is 36.9 Å². The average molecular weight is 323 g/mol. The van der Waals surface area contributed by atoms with Gasteiger partial charge in [-0.25, -0.2) is 0 Å².